The predicted octanol–water partition coefficient (Wildman–Crippen LogP) is 3.57. The summed E-state index contributed by atoms with van der Waals surface area (Å²) in [6.45, 7) is 5.77. The Morgan fingerprint density at radius 2 is 1.89 bits per heavy atom. The van der Waals surface area contributed by atoms with Crippen molar-refractivity contribution in [1.82, 2.24) is 0 Å². The summed E-state index contributed by atoms with van der Waals surface area (Å²) in [7, 11) is 0. The summed E-state index contributed by atoms with van der Waals surface area (Å²) in [6.07, 6.45) is 2.99. The lowest BCUT2D eigenvalue weighted by Gasteiger charge is -2.09. The number of ether oxygens (including phenoxy) is 2. The zero-order chi connectivity index (χ0) is 13.2. The number of hydrogen-bond donors (Lipinski definition) is 0. The van der Waals surface area contributed by atoms with Crippen molar-refractivity contribution >= 4 is 5.97 Å². The van der Waals surface area contributed by atoms with Crippen molar-refractivity contribution in [3.8, 4) is 0 Å². The van der Waals surface area contributed by atoms with Gasteiger partial charge in [0.25, 0.3) is 0 Å². The minimum Gasteiger partial charge on any atom is -0.462 e. The molecule has 18 heavy (non-hydrogen) atoms. The number of carbonyl (C=O) groups is 1. The fourth-order valence-corrected chi connectivity index (χ4v) is 1.55. The van der Waals surface area contributed by atoms with E-state index in [9.17, 15) is 4.79 Å². The normalized spacial score (nSPS) is 10.3. The van der Waals surface area contributed by atoms with Gasteiger partial charge in [0, 0.05) is 6.61 Å². The first-order valence-corrected chi connectivity index (χ1v) is 6.62. The Labute approximate surface area is 109 Å². The van der Waals surface area contributed by atoms with Gasteiger partial charge < -0.3 is 9.47 Å². The van der Waals surface area contributed by atoms with E-state index in [1.54, 1.807) is 6.07 Å². The average Bonchev–Trinajstić information content (AvgIpc) is 2.41. The number of carbonyl (C=O) groups excluding carboxylic acids is 1. The zero-order valence-corrected chi connectivity index (χ0v) is 11.3. The molecule has 3 heteroatoms. The third-order valence-electron chi connectivity index (χ3n) is 2.57. The fourth-order valence-electron chi connectivity index (χ4n) is 1.55. The van der Waals surface area contributed by atoms with Crippen molar-refractivity contribution in [2.24, 2.45) is 0 Å². The van der Waals surface area contributed by atoms with Crippen LogP contribution >= 0.6 is 0 Å². The zero-order valence-electron chi connectivity index (χ0n) is 11.3. The molecule has 0 atom stereocenters. The van der Waals surface area contributed by atoms with Gasteiger partial charge in [-0.2, -0.15) is 0 Å². The van der Waals surface area contributed by atoms with Crippen LogP contribution in [-0.4, -0.2) is 19.2 Å². The van der Waals surface area contributed by atoms with Crippen LogP contribution < -0.4 is 0 Å². The van der Waals surface area contributed by atoms with E-state index in [4.69, 9.17) is 9.47 Å². The second-order valence-electron chi connectivity index (χ2n) is 4.20. The second-order valence-corrected chi connectivity index (χ2v) is 4.20. The Hall–Kier alpha value is -1.35. The second kappa shape index (κ2) is 8.70. The van der Waals surface area contributed by atoms with Gasteiger partial charge in [-0.3, -0.25) is 0 Å². The Balaban J connectivity index is 2.58. The molecule has 0 saturated heterocycles. The van der Waals surface area contributed by atoms with Crippen LogP contribution in [0.25, 0.3) is 0 Å². The van der Waals surface area contributed by atoms with Gasteiger partial charge in [0.2, 0.25) is 0 Å². The van der Waals surface area contributed by atoms with Crippen molar-refractivity contribution in [2.75, 3.05) is 13.2 Å². The van der Waals surface area contributed by atoms with Gasteiger partial charge in [-0.15, -0.1) is 0 Å². The van der Waals surface area contributed by atoms with Crippen LogP contribution in [0.1, 0.15) is 49.0 Å². The molecule has 0 heterocycles. The number of rotatable bonds is 8. The molecule has 0 radical (unpaired) electrons. The van der Waals surface area contributed by atoms with E-state index in [1.807, 2.05) is 25.1 Å². The minimum atomic E-state index is -0.258. The summed E-state index contributed by atoms with van der Waals surface area (Å²) in [6, 6.07) is 7.46. The van der Waals surface area contributed by atoms with Gasteiger partial charge in [-0.05, 0) is 24.5 Å². The summed E-state index contributed by atoms with van der Waals surface area (Å²) >= 11 is 0. The molecular formula is C15H22O3. The highest BCUT2D eigenvalue weighted by Gasteiger charge is 2.11. The topological polar surface area (TPSA) is 35.5 Å². The maximum atomic E-state index is 11.8. The van der Waals surface area contributed by atoms with E-state index >= 15 is 0 Å². The number of esters is 1. The fraction of sp³-hybridized carbons (Fsp3) is 0.533. The van der Waals surface area contributed by atoms with E-state index < -0.39 is 0 Å². The molecule has 1 rings (SSSR count). The van der Waals surface area contributed by atoms with Gasteiger partial charge in [-0.1, -0.05) is 38.5 Å². The summed E-state index contributed by atoms with van der Waals surface area (Å²) in [5.74, 6) is -0.258. The molecule has 100 valence electrons. The van der Waals surface area contributed by atoms with Crippen LogP contribution in [0.2, 0.25) is 0 Å². The molecule has 1 aromatic rings. The van der Waals surface area contributed by atoms with E-state index in [2.05, 4.69) is 6.92 Å². The van der Waals surface area contributed by atoms with Gasteiger partial charge in [0.1, 0.15) is 0 Å². The molecule has 0 N–H and O–H groups in total. The molecule has 0 aliphatic heterocycles. The first kappa shape index (κ1) is 14.7. The molecule has 0 aliphatic rings. The lowest BCUT2D eigenvalue weighted by molar-refractivity contribution is 0.0497. The molecule has 0 aliphatic carbocycles. The molecule has 3 nitrogen and oxygen atoms in total. The standard InChI is InChI=1S/C15H22O3/c1-3-5-11-17-12-13-8-6-7-9-14(13)15(16)18-10-4-2/h6-9H,3-5,10-12H2,1-2H3. The summed E-state index contributed by atoms with van der Waals surface area (Å²) in [5.41, 5.74) is 1.51. The predicted molar refractivity (Wildman–Crippen MR) is 71.6 cm³/mol. The van der Waals surface area contributed by atoms with Crippen LogP contribution in [0.3, 0.4) is 0 Å². The molecule has 0 aromatic heterocycles. The largest absolute Gasteiger partial charge is 0.462 e. The van der Waals surface area contributed by atoms with Crippen molar-refractivity contribution in [1.29, 1.82) is 0 Å². The first-order valence-electron chi connectivity index (χ1n) is 6.62. The van der Waals surface area contributed by atoms with Gasteiger partial charge in [-0.25, -0.2) is 4.79 Å². The molecule has 0 spiro atoms. The van der Waals surface area contributed by atoms with Crippen LogP contribution in [0.4, 0.5) is 0 Å². The molecule has 0 fully saturated rings. The SMILES string of the molecule is CCCCOCc1ccccc1C(=O)OCCC. The van der Waals surface area contributed by atoms with Crippen LogP contribution in [0, 0.1) is 0 Å². The van der Waals surface area contributed by atoms with Crippen molar-refractivity contribution in [3.63, 3.8) is 0 Å². The summed E-state index contributed by atoms with van der Waals surface area (Å²) < 4.78 is 10.7. The molecule has 0 saturated carbocycles. The number of benzene rings is 1. The average molecular weight is 250 g/mol. The molecule has 1 aromatic carbocycles. The lowest BCUT2D eigenvalue weighted by atomic mass is 10.1. The highest BCUT2D eigenvalue weighted by atomic mass is 16.5. The monoisotopic (exact) mass is 250 g/mol. The Morgan fingerprint density at radius 1 is 1.11 bits per heavy atom. The third-order valence-corrected chi connectivity index (χ3v) is 2.57. The smallest absolute Gasteiger partial charge is 0.338 e. The van der Waals surface area contributed by atoms with Crippen molar-refractivity contribution in [3.05, 3.63) is 35.4 Å². The van der Waals surface area contributed by atoms with Gasteiger partial charge in [0.05, 0.1) is 18.8 Å². The van der Waals surface area contributed by atoms with E-state index in [0.29, 0.717) is 18.8 Å². The number of hydrogen-bond acceptors (Lipinski definition) is 3. The van der Waals surface area contributed by atoms with Crippen molar-refractivity contribution in [2.45, 2.75) is 39.7 Å². The Kier molecular flexibility index (Phi) is 7.11. The summed E-state index contributed by atoms with van der Waals surface area (Å²) in [4.78, 5) is 11.8. The van der Waals surface area contributed by atoms with Crippen LogP contribution in [0.5, 0.6) is 0 Å². The minimum absolute atomic E-state index is 0.258. The van der Waals surface area contributed by atoms with Crippen LogP contribution in [-0.2, 0) is 16.1 Å². The van der Waals surface area contributed by atoms with E-state index in [1.165, 1.54) is 0 Å². The molecule has 0 unspecified atom stereocenters. The highest BCUT2D eigenvalue weighted by molar-refractivity contribution is 5.91. The molecule has 0 bridgehead atoms. The molecule has 0 amide bonds. The van der Waals surface area contributed by atoms with E-state index in [-0.39, 0.29) is 5.97 Å². The Bertz CT molecular complexity index is 361. The van der Waals surface area contributed by atoms with Gasteiger partial charge in [0.15, 0.2) is 0 Å². The number of unbranched alkanes of at least 4 members (excludes halogenated alkanes) is 1. The first-order chi connectivity index (χ1) is 8.79. The maximum absolute atomic E-state index is 11.8. The quantitative estimate of drug-likeness (QED) is 0.522. The highest BCUT2D eigenvalue weighted by Crippen LogP contribution is 2.12. The molecular weight excluding hydrogens is 228 g/mol. The van der Waals surface area contributed by atoms with E-state index in [0.717, 1.165) is 31.4 Å². The van der Waals surface area contributed by atoms with Crippen molar-refractivity contribution < 1.29 is 14.3 Å². The summed E-state index contributed by atoms with van der Waals surface area (Å²) in [5, 5.41) is 0. The third kappa shape index (κ3) is 4.88. The lowest BCUT2D eigenvalue weighted by Crippen LogP contribution is -2.10. The maximum Gasteiger partial charge on any atom is 0.338 e. The Morgan fingerprint density at radius 3 is 2.61 bits per heavy atom. The van der Waals surface area contributed by atoms with Crippen LogP contribution in [0.15, 0.2) is 24.3 Å². The van der Waals surface area contributed by atoms with Gasteiger partial charge >= 0.3 is 5.97 Å².